The highest BCUT2D eigenvalue weighted by molar-refractivity contribution is 8.13. The highest BCUT2D eigenvalue weighted by Crippen LogP contribution is 2.47. The van der Waals surface area contributed by atoms with Crippen molar-refractivity contribution in [1.82, 2.24) is 4.57 Å². The molecule has 31 heavy (non-hydrogen) atoms. The highest BCUT2D eigenvalue weighted by Gasteiger charge is 2.68. The molecule has 0 fully saturated rings. The fourth-order valence-corrected chi connectivity index (χ4v) is 3.82. The molecule has 1 aromatic heterocycles. The van der Waals surface area contributed by atoms with Gasteiger partial charge < -0.3 is 4.13 Å². The molecule has 1 atom stereocenters. The minimum atomic E-state index is -7.62. The standard InChI is InChI=1S/C8H15N2.C4F10NO4S2/c1-4-8(2)10-6-5-9(3)7-10;5-1(6,7)3(11,12)20(16,17)15-21(18,19)4(13,14)2(8,9)10/h5-8H,4H2,1-3H3;/q+1;-1. The van der Waals surface area contributed by atoms with Crippen molar-refractivity contribution in [3.8, 4) is 0 Å². The molecule has 0 N–H and O–H groups in total. The van der Waals surface area contributed by atoms with E-state index in [1.807, 2.05) is 7.05 Å². The van der Waals surface area contributed by atoms with E-state index in [0.717, 1.165) is 0 Å². The third-order valence-electron chi connectivity index (χ3n) is 3.39. The average Bonchev–Trinajstić information content (AvgIpc) is 2.97. The van der Waals surface area contributed by atoms with Gasteiger partial charge in [-0.15, -0.1) is 0 Å². The van der Waals surface area contributed by atoms with Crippen LogP contribution < -0.4 is 4.57 Å². The monoisotopic (exact) mass is 519 g/mol. The number of hydrogen-bond donors (Lipinski definition) is 0. The van der Waals surface area contributed by atoms with Crippen LogP contribution in [0.1, 0.15) is 26.3 Å². The topological polar surface area (TPSA) is 91.2 Å². The Morgan fingerprint density at radius 3 is 1.45 bits per heavy atom. The molecule has 1 rings (SSSR count). The fourth-order valence-electron chi connectivity index (χ4n) is 1.46. The van der Waals surface area contributed by atoms with Crippen molar-refractivity contribution >= 4 is 20.0 Å². The molecule has 1 unspecified atom stereocenters. The second-order valence-corrected chi connectivity index (χ2v) is 9.36. The lowest BCUT2D eigenvalue weighted by atomic mass is 10.3. The lowest BCUT2D eigenvalue weighted by Gasteiger charge is -2.31. The Bertz CT molecular complexity index is 898. The molecule has 1 heterocycles. The Labute approximate surface area is 169 Å². The molecular weight excluding hydrogens is 504 g/mol. The molecule has 184 valence electrons. The van der Waals surface area contributed by atoms with Crippen LogP contribution >= 0.6 is 0 Å². The Balaban J connectivity index is 0.000000743. The van der Waals surface area contributed by atoms with Crippen LogP contribution in [0, 0.1) is 0 Å². The van der Waals surface area contributed by atoms with E-state index in [1.54, 1.807) is 0 Å². The Hall–Kier alpha value is -1.63. The van der Waals surface area contributed by atoms with Crippen molar-refractivity contribution in [1.29, 1.82) is 0 Å². The summed E-state index contributed by atoms with van der Waals surface area (Å²) in [5, 5.41) is -14.0. The molecule has 0 aliphatic heterocycles. The number of hydrogen-bond acceptors (Lipinski definition) is 4. The molecule has 7 nitrogen and oxygen atoms in total. The largest absolute Gasteiger partial charge is 0.467 e. The summed E-state index contributed by atoms with van der Waals surface area (Å²) in [4.78, 5) is 0. The second kappa shape index (κ2) is 9.08. The number of halogens is 10. The maximum absolute atomic E-state index is 12.3. The quantitative estimate of drug-likeness (QED) is 0.424. The number of imidazole rings is 1. The lowest BCUT2D eigenvalue weighted by molar-refractivity contribution is -0.671. The molecule has 0 spiro atoms. The van der Waals surface area contributed by atoms with Crippen LogP contribution in [0.5, 0.6) is 0 Å². The van der Waals surface area contributed by atoms with E-state index in [2.05, 4.69) is 41.7 Å². The van der Waals surface area contributed by atoms with E-state index >= 15 is 0 Å². The molecule has 0 aromatic carbocycles. The van der Waals surface area contributed by atoms with Gasteiger partial charge in [-0.25, -0.2) is 26.0 Å². The van der Waals surface area contributed by atoms with E-state index in [1.165, 1.54) is 6.42 Å². The number of aryl methyl sites for hydroxylation is 1. The number of rotatable bonds is 6. The van der Waals surface area contributed by atoms with Crippen molar-refractivity contribution in [3.05, 3.63) is 22.8 Å². The van der Waals surface area contributed by atoms with Gasteiger partial charge in [-0.2, -0.15) is 43.9 Å². The van der Waals surface area contributed by atoms with Gasteiger partial charge in [0, 0.05) is 0 Å². The number of alkyl halides is 10. The van der Waals surface area contributed by atoms with Gasteiger partial charge in [-0.1, -0.05) is 6.92 Å². The number of sulfonamides is 2. The first-order valence-electron chi connectivity index (χ1n) is 7.59. The van der Waals surface area contributed by atoms with Crippen LogP contribution in [0.3, 0.4) is 0 Å². The average molecular weight is 519 g/mol. The summed E-state index contributed by atoms with van der Waals surface area (Å²) >= 11 is 0. The first kappa shape index (κ1) is 29.4. The zero-order valence-electron chi connectivity index (χ0n) is 15.6. The summed E-state index contributed by atoms with van der Waals surface area (Å²) in [6, 6.07) is 0.626. The zero-order valence-corrected chi connectivity index (χ0v) is 17.2. The summed E-state index contributed by atoms with van der Waals surface area (Å²) in [6.07, 6.45) is -6.54. The molecule has 19 heteroatoms. The van der Waals surface area contributed by atoms with Gasteiger partial charge in [-0.3, -0.25) is 0 Å². The Kier molecular flexibility index (Phi) is 8.61. The van der Waals surface area contributed by atoms with Crippen LogP contribution in [-0.4, -0.2) is 44.3 Å². The van der Waals surface area contributed by atoms with Crippen LogP contribution in [0.2, 0.25) is 0 Å². The Morgan fingerprint density at radius 1 is 0.871 bits per heavy atom. The van der Waals surface area contributed by atoms with Gasteiger partial charge in [0.1, 0.15) is 12.4 Å². The molecule has 0 saturated heterocycles. The molecule has 0 radical (unpaired) electrons. The predicted molar refractivity (Wildman–Crippen MR) is 83.8 cm³/mol. The molecule has 0 aliphatic rings. The molecule has 1 aromatic rings. The van der Waals surface area contributed by atoms with E-state index in [4.69, 9.17) is 0 Å². The summed E-state index contributed by atoms with van der Waals surface area (Å²) in [6.45, 7) is 4.42. The third-order valence-corrected chi connectivity index (χ3v) is 6.72. The molecule has 0 amide bonds. The molecular formula is C12H15F10N3O4S2. The minimum Gasteiger partial charge on any atom is -0.425 e. The van der Waals surface area contributed by atoms with Crippen LogP contribution in [0.15, 0.2) is 18.7 Å². The lowest BCUT2D eigenvalue weighted by Crippen LogP contribution is -2.48. The van der Waals surface area contributed by atoms with Crippen LogP contribution in [0.25, 0.3) is 4.13 Å². The fraction of sp³-hybridized carbons (Fsp3) is 0.750. The van der Waals surface area contributed by atoms with Crippen LogP contribution in [0.4, 0.5) is 43.9 Å². The molecule has 0 bridgehead atoms. The van der Waals surface area contributed by atoms with E-state index in [9.17, 15) is 60.7 Å². The highest BCUT2D eigenvalue weighted by atomic mass is 32.3. The van der Waals surface area contributed by atoms with Gasteiger partial charge >= 0.3 is 22.9 Å². The van der Waals surface area contributed by atoms with Crippen LogP contribution in [-0.2, 0) is 27.1 Å². The molecule has 0 saturated carbocycles. The second-order valence-electron chi connectivity index (χ2n) is 5.84. The minimum absolute atomic E-state index is 0.422. The van der Waals surface area contributed by atoms with E-state index in [-0.39, 0.29) is 0 Å². The van der Waals surface area contributed by atoms with Gasteiger partial charge in [0.15, 0.2) is 20.0 Å². The van der Waals surface area contributed by atoms with Gasteiger partial charge in [0.2, 0.25) is 6.33 Å². The van der Waals surface area contributed by atoms with E-state index < -0.39 is 42.9 Å². The van der Waals surface area contributed by atoms with Gasteiger partial charge in [-0.05, 0) is 13.3 Å². The number of aromatic nitrogens is 2. The maximum Gasteiger partial charge on any atom is 0.467 e. The SMILES string of the molecule is CCC(C)n1cc[n+](C)c1.O=S(=O)([N-]S(=O)(=O)C(F)(F)C(F)(F)F)C(F)(F)C(F)(F)F. The zero-order chi connectivity index (χ0) is 25.3. The summed E-state index contributed by atoms with van der Waals surface area (Å²) in [5.74, 6) is 0. The third kappa shape index (κ3) is 6.43. The Morgan fingerprint density at radius 2 is 1.23 bits per heavy atom. The van der Waals surface area contributed by atoms with Crippen molar-refractivity contribution < 1.29 is 65.3 Å². The van der Waals surface area contributed by atoms with Gasteiger partial charge in [0.05, 0.1) is 13.1 Å². The summed E-state index contributed by atoms with van der Waals surface area (Å²) in [7, 11) is -13.2. The maximum atomic E-state index is 12.3. The van der Waals surface area contributed by atoms with Crippen molar-refractivity contribution in [2.45, 2.75) is 49.2 Å². The van der Waals surface area contributed by atoms with E-state index in [0.29, 0.717) is 10.2 Å². The first-order chi connectivity index (χ1) is 13.4. The summed E-state index contributed by atoms with van der Waals surface area (Å²) < 4.78 is 165. The first-order valence-corrected chi connectivity index (χ1v) is 10.5. The van der Waals surface area contributed by atoms with Crippen molar-refractivity contribution in [3.63, 3.8) is 0 Å². The predicted octanol–water partition coefficient (Wildman–Crippen LogP) is 3.61. The number of nitrogens with zero attached hydrogens (tertiary/aromatic N) is 3. The van der Waals surface area contributed by atoms with Gasteiger partial charge in [0.25, 0.3) is 0 Å². The smallest absolute Gasteiger partial charge is 0.425 e. The summed E-state index contributed by atoms with van der Waals surface area (Å²) in [5.41, 5.74) is 0. The van der Waals surface area contributed by atoms with Crippen molar-refractivity contribution in [2.24, 2.45) is 7.05 Å². The molecule has 0 aliphatic carbocycles. The van der Waals surface area contributed by atoms with Crippen molar-refractivity contribution in [2.75, 3.05) is 0 Å². The normalized spacial score (nSPS) is 15.3.